The summed E-state index contributed by atoms with van der Waals surface area (Å²) in [5.41, 5.74) is 2.49. The Hall–Kier alpha value is -1.39. The highest BCUT2D eigenvalue weighted by Crippen LogP contribution is 2.16. The van der Waals surface area contributed by atoms with Gasteiger partial charge in [-0.1, -0.05) is 38.1 Å². The minimum Gasteiger partial charge on any atom is -0.462 e. The smallest absolute Gasteiger partial charge is 0.323 e. The maximum absolute atomic E-state index is 12.0. The molecule has 0 fully saturated rings. The van der Waals surface area contributed by atoms with Crippen LogP contribution < -0.4 is 5.32 Å². The van der Waals surface area contributed by atoms with Crippen molar-refractivity contribution in [2.24, 2.45) is 5.92 Å². The zero-order chi connectivity index (χ0) is 14.4. The zero-order valence-corrected chi connectivity index (χ0v) is 12.2. The maximum Gasteiger partial charge on any atom is 0.323 e. The minimum atomic E-state index is -0.241. The first-order valence-corrected chi connectivity index (χ1v) is 7.21. The molecule has 0 spiro atoms. The number of ether oxygens (including phenoxy) is 2. The van der Waals surface area contributed by atoms with Crippen molar-refractivity contribution >= 4 is 5.97 Å². The number of nitrogens with one attached hydrogen (secondary N) is 1. The van der Waals surface area contributed by atoms with E-state index < -0.39 is 0 Å². The van der Waals surface area contributed by atoms with Crippen molar-refractivity contribution in [3.05, 3.63) is 35.4 Å². The van der Waals surface area contributed by atoms with Gasteiger partial charge in [-0.2, -0.15) is 0 Å². The molecule has 1 aliphatic rings. The normalized spacial score (nSPS) is 17.9. The molecular formula is C16H23NO3. The molecule has 4 heteroatoms. The van der Waals surface area contributed by atoms with Gasteiger partial charge >= 0.3 is 5.97 Å². The second kappa shape index (κ2) is 7.41. The molecule has 0 bridgehead atoms. The standard InChI is InChI=1S/C16H23NO3/c1-12(2)11-19-7-8-20-16(18)15-9-13-5-3-4-6-14(13)10-17-15/h3-6,12,15,17H,7-11H2,1-2H3/t15-/m1/s1. The lowest BCUT2D eigenvalue weighted by atomic mass is 9.96. The highest BCUT2D eigenvalue weighted by atomic mass is 16.6. The van der Waals surface area contributed by atoms with E-state index in [1.807, 2.05) is 12.1 Å². The Morgan fingerprint density at radius 3 is 2.80 bits per heavy atom. The van der Waals surface area contributed by atoms with E-state index in [9.17, 15) is 4.79 Å². The summed E-state index contributed by atoms with van der Waals surface area (Å²) in [4.78, 5) is 12.0. The lowest BCUT2D eigenvalue weighted by Gasteiger charge is -2.24. The predicted octanol–water partition coefficient (Wildman–Crippen LogP) is 1.92. The molecule has 4 nitrogen and oxygen atoms in total. The summed E-state index contributed by atoms with van der Waals surface area (Å²) in [7, 11) is 0. The van der Waals surface area contributed by atoms with E-state index in [0.717, 1.165) is 6.54 Å². The molecule has 0 aromatic heterocycles. The SMILES string of the molecule is CC(C)COCCOC(=O)[C@H]1Cc2ccccc2CN1. The first kappa shape index (κ1) is 15.0. The van der Waals surface area contributed by atoms with Crippen molar-refractivity contribution in [1.82, 2.24) is 5.32 Å². The van der Waals surface area contributed by atoms with Crippen LogP contribution in [-0.2, 0) is 27.2 Å². The molecule has 110 valence electrons. The topological polar surface area (TPSA) is 47.6 Å². The Kier molecular flexibility index (Phi) is 5.56. The molecule has 1 aromatic rings. The zero-order valence-electron chi connectivity index (χ0n) is 12.2. The van der Waals surface area contributed by atoms with Gasteiger partial charge in [-0.05, 0) is 23.5 Å². The van der Waals surface area contributed by atoms with Gasteiger partial charge in [-0.15, -0.1) is 0 Å². The van der Waals surface area contributed by atoms with Crippen LogP contribution in [0, 0.1) is 5.92 Å². The Labute approximate surface area is 120 Å². The average molecular weight is 277 g/mol. The van der Waals surface area contributed by atoms with Crippen LogP contribution in [0.15, 0.2) is 24.3 Å². The molecule has 0 aliphatic carbocycles. The fourth-order valence-electron chi connectivity index (χ4n) is 2.24. The van der Waals surface area contributed by atoms with Crippen LogP contribution in [-0.4, -0.2) is 31.8 Å². The molecule has 0 unspecified atom stereocenters. The Bertz CT molecular complexity index is 445. The molecule has 0 saturated carbocycles. The van der Waals surface area contributed by atoms with Gasteiger partial charge < -0.3 is 14.8 Å². The van der Waals surface area contributed by atoms with E-state index in [1.54, 1.807) is 0 Å². The molecule has 0 radical (unpaired) electrons. The number of esters is 1. The number of fused-ring (bicyclic) bond motifs is 1. The number of carbonyl (C=O) groups excluding carboxylic acids is 1. The van der Waals surface area contributed by atoms with Crippen LogP contribution in [0.2, 0.25) is 0 Å². The first-order valence-electron chi connectivity index (χ1n) is 7.21. The number of hydrogen-bond donors (Lipinski definition) is 1. The molecule has 1 N–H and O–H groups in total. The molecule has 1 heterocycles. The van der Waals surface area contributed by atoms with Crippen LogP contribution in [0.25, 0.3) is 0 Å². The molecular weight excluding hydrogens is 254 g/mol. The summed E-state index contributed by atoms with van der Waals surface area (Å²) in [5, 5.41) is 3.22. The van der Waals surface area contributed by atoms with Crippen LogP contribution in [0.4, 0.5) is 0 Å². The van der Waals surface area contributed by atoms with E-state index in [-0.39, 0.29) is 12.0 Å². The lowest BCUT2D eigenvalue weighted by molar-refractivity contribution is -0.148. The van der Waals surface area contributed by atoms with Gasteiger partial charge in [0.05, 0.1) is 6.61 Å². The van der Waals surface area contributed by atoms with Crippen molar-refractivity contribution in [3.63, 3.8) is 0 Å². The highest BCUT2D eigenvalue weighted by Gasteiger charge is 2.24. The van der Waals surface area contributed by atoms with Gasteiger partial charge in [-0.3, -0.25) is 4.79 Å². The largest absolute Gasteiger partial charge is 0.462 e. The minimum absolute atomic E-state index is 0.187. The maximum atomic E-state index is 12.0. The molecule has 20 heavy (non-hydrogen) atoms. The summed E-state index contributed by atoms with van der Waals surface area (Å²) in [6.07, 6.45) is 0.696. The summed E-state index contributed by atoms with van der Waals surface area (Å²) in [5.74, 6) is 0.315. The van der Waals surface area contributed by atoms with Gasteiger partial charge in [-0.25, -0.2) is 0 Å². The third-order valence-corrected chi connectivity index (χ3v) is 3.29. The summed E-state index contributed by atoms with van der Waals surface area (Å²) >= 11 is 0. The monoisotopic (exact) mass is 277 g/mol. The highest BCUT2D eigenvalue weighted by molar-refractivity contribution is 5.76. The molecule has 0 saturated heterocycles. The summed E-state index contributed by atoms with van der Waals surface area (Å²) in [6, 6.07) is 7.94. The van der Waals surface area contributed by atoms with Crippen molar-refractivity contribution < 1.29 is 14.3 Å². The lowest BCUT2D eigenvalue weighted by Crippen LogP contribution is -2.43. The Balaban J connectivity index is 1.72. The predicted molar refractivity (Wildman–Crippen MR) is 77.4 cm³/mol. The van der Waals surface area contributed by atoms with Crippen LogP contribution >= 0.6 is 0 Å². The van der Waals surface area contributed by atoms with Crippen molar-refractivity contribution in [3.8, 4) is 0 Å². The second-order valence-corrected chi connectivity index (χ2v) is 5.54. The number of carbonyl (C=O) groups is 1. The average Bonchev–Trinajstić information content (AvgIpc) is 2.46. The Morgan fingerprint density at radius 1 is 1.30 bits per heavy atom. The van der Waals surface area contributed by atoms with Crippen LogP contribution in [0.5, 0.6) is 0 Å². The van der Waals surface area contributed by atoms with Gasteiger partial charge in [0.15, 0.2) is 0 Å². The van der Waals surface area contributed by atoms with Crippen molar-refractivity contribution in [1.29, 1.82) is 0 Å². The van der Waals surface area contributed by atoms with E-state index in [2.05, 4.69) is 31.3 Å². The van der Waals surface area contributed by atoms with Gasteiger partial charge in [0.1, 0.15) is 12.6 Å². The molecule has 1 aliphatic heterocycles. The fraction of sp³-hybridized carbons (Fsp3) is 0.562. The molecule has 1 atom stereocenters. The third-order valence-electron chi connectivity index (χ3n) is 3.29. The summed E-state index contributed by atoms with van der Waals surface area (Å²) in [6.45, 7) is 6.40. The van der Waals surface area contributed by atoms with E-state index in [0.29, 0.717) is 32.2 Å². The third kappa shape index (κ3) is 4.32. The van der Waals surface area contributed by atoms with Gasteiger partial charge in [0, 0.05) is 13.2 Å². The van der Waals surface area contributed by atoms with Crippen LogP contribution in [0.3, 0.4) is 0 Å². The van der Waals surface area contributed by atoms with E-state index in [1.165, 1.54) is 11.1 Å². The summed E-state index contributed by atoms with van der Waals surface area (Å²) < 4.78 is 10.6. The number of rotatable bonds is 6. The van der Waals surface area contributed by atoms with Gasteiger partial charge in [0.2, 0.25) is 0 Å². The Morgan fingerprint density at radius 2 is 2.05 bits per heavy atom. The van der Waals surface area contributed by atoms with E-state index in [4.69, 9.17) is 9.47 Å². The number of benzene rings is 1. The second-order valence-electron chi connectivity index (χ2n) is 5.54. The molecule has 2 rings (SSSR count). The fourth-order valence-corrected chi connectivity index (χ4v) is 2.24. The van der Waals surface area contributed by atoms with Gasteiger partial charge in [0.25, 0.3) is 0 Å². The number of hydrogen-bond acceptors (Lipinski definition) is 4. The van der Waals surface area contributed by atoms with Crippen molar-refractivity contribution in [2.45, 2.75) is 32.9 Å². The van der Waals surface area contributed by atoms with E-state index >= 15 is 0 Å². The molecule has 0 amide bonds. The first-order chi connectivity index (χ1) is 9.66. The van der Waals surface area contributed by atoms with Crippen LogP contribution in [0.1, 0.15) is 25.0 Å². The quantitative estimate of drug-likeness (QED) is 0.637. The van der Waals surface area contributed by atoms with Crippen molar-refractivity contribution in [2.75, 3.05) is 19.8 Å². The molecule has 1 aromatic carbocycles.